The summed E-state index contributed by atoms with van der Waals surface area (Å²) in [6, 6.07) is 2.07. The summed E-state index contributed by atoms with van der Waals surface area (Å²) in [7, 11) is 4.02. The van der Waals surface area contributed by atoms with Crippen LogP contribution in [0.3, 0.4) is 0 Å². The van der Waals surface area contributed by atoms with E-state index in [0.29, 0.717) is 0 Å². The van der Waals surface area contributed by atoms with Crippen LogP contribution in [-0.4, -0.2) is 19.3 Å². The van der Waals surface area contributed by atoms with Gasteiger partial charge in [-0.3, -0.25) is 4.68 Å². The van der Waals surface area contributed by atoms with Gasteiger partial charge in [-0.25, -0.2) is 4.98 Å². The molecule has 0 amide bonds. The summed E-state index contributed by atoms with van der Waals surface area (Å²) in [6.07, 6.45) is 0. The van der Waals surface area contributed by atoms with E-state index in [1.54, 1.807) is 0 Å². The molecule has 0 spiro atoms. The van der Waals surface area contributed by atoms with Crippen molar-refractivity contribution >= 4 is 0 Å². The van der Waals surface area contributed by atoms with Gasteiger partial charge in [0.05, 0.1) is 17.1 Å². The molecule has 1 aliphatic heterocycles. The van der Waals surface area contributed by atoms with E-state index in [0.717, 1.165) is 36.0 Å². The van der Waals surface area contributed by atoms with Gasteiger partial charge in [0.2, 0.25) is 0 Å². The minimum Gasteiger partial charge on any atom is -0.328 e. The Morgan fingerprint density at radius 2 is 2.12 bits per heavy atom. The highest BCUT2D eigenvalue weighted by atomic mass is 15.3. The summed E-state index contributed by atoms with van der Waals surface area (Å²) < 4.78 is 4.05. The Labute approximate surface area is 94.1 Å². The quantitative estimate of drug-likeness (QED) is 0.766. The van der Waals surface area contributed by atoms with E-state index in [1.165, 1.54) is 5.69 Å². The van der Waals surface area contributed by atoms with Gasteiger partial charge in [0.1, 0.15) is 5.69 Å². The third-order valence-corrected chi connectivity index (χ3v) is 3.11. The largest absolute Gasteiger partial charge is 0.328 e. The number of nitrogens with one attached hydrogen (secondary N) is 1. The molecule has 0 radical (unpaired) electrons. The Balaban J connectivity index is 2.17. The average molecular weight is 217 g/mol. The molecule has 5 heteroatoms. The lowest BCUT2D eigenvalue weighted by atomic mass is 10.3. The molecule has 5 nitrogen and oxygen atoms in total. The molecule has 2 aromatic rings. The van der Waals surface area contributed by atoms with Crippen LogP contribution < -0.4 is 5.32 Å². The fourth-order valence-corrected chi connectivity index (χ4v) is 2.30. The van der Waals surface area contributed by atoms with Gasteiger partial charge in [-0.15, -0.1) is 0 Å². The van der Waals surface area contributed by atoms with Crippen LogP contribution in [0.25, 0.3) is 11.5 Å². The second kappa shape index (κ2) is 3.18. The second-order valence-electron chi connectivity index (χ2n) is 4.29. The maximum atomic E-state index is 4.67. The third kappa shape index (κ3) is 1.21. The zero-order chi connectivity index (χ0) is 11.3. The van der Waals surface area contributed by atoms with Crippen molar-refractivity contribution in [3.63, 3.8) is 0 Å². The lowest BCUT2D eigenvalue weighted by Crippen LogP contribution is -2.07. The van der Waals surface area contributed by atoms with E-state index in [-0.39, 0.29) is 0 Å². The molecule has 0 atom stereocenters. The van der Waals surface area contributed by atoms with Crippen LogP contribution in [0.5, 0.6) is 0 Å². The molecule has 0 unspecified atom stereocenters. The molecule has 16 heavy (non-hydrogen) atoms. The number of fused-ring (bicyclic) bond motifs is 1. The average Bonchev–Trinajstić information content (AvgIpc) is 2.85. The maximum absolute atomic E-state index is 4.67. The first-order chi connectivity index (χ1) is 7.66. The van der Waals surface area contributed by atoms with E-state index in [4.69, 9.17) is 0 Å². The maximum Gasteiger partial charge on any atom is 0.158 e. The standard InChI is InChI=1S/C11H15N5/c1-7-4-9(16(3)14-7)11-13-8-5-12-6-10(8)15(11)2/h4,12H,5-6H2,1-3H3. The SMILES string of the molecule is Cc1cc(-c2nc3c(n2C)CNC3)n(C)n1. The first-order valence-corrected chi connectivity index (χ1v) is 5.43. The monoisotopic (exact) mass is 217 g/mol. The lowest BCUT2D eigenvalue weighted by molar-refractivity contribution is 0.706. The molecule has 1 aliphatic rings. The topological polar surface area (TPSA) is 47.7 Å². The zero-order valence-electron chi connectivity index (χ0n) is 9.78. The van der Waals surface area contributed by atoms with Crippen LogP contribution in [0, 0.1) is 6.92 Å². The number of hydrogen-bond acceptors (Lipinski definition) is 3. The number of nitrogens with zero attached hydrogens (tertiary/aromatic N) is 4. The highest BCUT2D eigenvalue weighted by molar-refractivity contribution is 5.53. The molecule has 0 aromatic carbocycles. The van der Waals surface area contributed by atoms with Crippen LogP contribution in [0.4, 0.5) is 0 Å². The second-order valence-corrected chi connectivity index (χ2v) is 4.29. The number of aryl methyl sites for hydroxylation is 2. The van der Waals surface area contributed by atoms with Crippen molar-refractivity contribution < 1.29 is 0 Å². The van der Waals surface area contributed by atoms with Gasteiger partial charge in [-0.05, 0) is 13.0 Å². The molecular formula is C11H15N5. The summed E-state index contributed by atoms with van der Waals surface area (Å²) in [5.74, 6) is 1.01. The summed E-state index contributed by atoms with van der Waals surface area (Å²) in [5.41, 5.74) is 4.55. The van der Waals surface area contributed by atoms with Gasteiger partial charge in [-0.2, -0.15) is 5.10 Å². The molecule has 0 fully saturated rings. The first kappa shape index (κ1) is 9.59. The highest BCUT2D eigenvalue weighted by Gasteiger charge is 2.21. The Bertz CT molecular complexity index is 549. The van der Waals surface area contributed by atoms with Crippen LogP contribution >= 0.6 is 0 Å². The molecule has 84 valence electrons. The van der Waals surface area contributed by atoms with Crippen LogP contribution in [0.15, 0.2) is 6.07 Å². The summed E-state index contributed by atoms with van der Waals surface area (Å²) in [4.78, 5) is 4.67. The Kier molecular flexibility index (Phi) is 1.91. The fraction of sp³-hybridized carbons (Fsp3) is 0.455. The van der Waals surface area contributed by atoms with E-state index in [9.17, 15) is 0 Å². The normalized spacial score (nSPS) is 14.4. The predicted octanol–water partition coefficient (Wildman–Crippen LogP) is 0.732. The van der Waals surface area contributed by atoms with Crippen LogP contribution in [0.1, 0.15) is 17.1 Å². The van der Waals surface area contributed by atoms with Gasteiger partial charge in [0.15, 0.2) is 5.82 Å². The number of aromatic nitrogens is 4. The Morgan fingerprint density at radius 1 is 1.31 bits per heavy atom. The molecule has 2 aromatic heterocycles. The summed E-state index contributed by atoms with van der Waals surface area (Å²) >= 11 is 0. The van der Waals surface area contributed by atoms with Crippen molar-refractivity contribution in [1.82, 2.24) is 24.6 Å². The lowest BCUT2D eigenvalue weighted by Gasteiger charge is -2.04. The minimum atomic E-state index is 0.875. The fourth-order valence-electron chi connectivity index (χ4n) is 2.30. The van der Waals surface area contributed by atoms with E-state index in [2.05, 4.69) is 33.1 Å². The molecule has 0 bridgehead atoms. The van der Waals surface area contributed by atoms with Gasteiger partial charge in [0, 0.05) is 27.2 Å². The smallest absolute Gasteiger partial charge is 0.158 e. The van der Waals surface area contributed by atoms with E-state index < -0.39 is 0 Å². The number of hydrogen-bond donors (Lipinski definition) is 1. The molecule has 0 aliphatic carbocycles. The van der Waals surface area contributed by atoms with Crippen molar-refractivity contribution in [1.29, 1.82) is 0 Å². The van der Waals surface area contributed by atoms with Gasteiger partial charge in [-0.1, -0.05) is 0 Å². The Morgan fingerprint density at radius 3 is 2.75 bits per heavy atom. The predicted molar refractivity (Wildman–Crippen MR) is 60.7 cm³/mol. The van der Waals surface area contributed by atoms with Crippen LogP contribution in [-0.2, 0) is 27.2 Å². The van der Waals surface area contributed by atoms with Crippen molar-refractivity contribution in [3.05, 3.63) is 23.1 Å². The highest BCUT2D eigenvalue weighted by Crippen LogP contribution is 2.24. The minimum absolute atomic E-state index is 0.875. The van der Waals surface area contributed by atoms with Crippen molar-refractivity contribution in [2.45, 2.75) is 20.0 Å². The molecule has 1 N–H and O–H groups in total. The number of rotatable bonds is 1. The van der Waals surface area contributed by atoms with Crippen molar-refractivity contribution in [2.75, 3.05) is 0 Å². The van der Waals surface area contributed by atoms with E-state index >= 15 is 0 Å². The molecule has 3 heterocycles. The molecule has 3 rings (SSSR count). The summed E-state index contributed by atoms with van der Waals surface area (Å²) in [6.45, 7) is 3.79. The number of imidazole rings is 1. The molecule has 0 saturated carbocycles. The van der Waals surface area contributed by atoms with Crippen molar-refractivity contribution in [3.8, 4) is 11.5 Å². The van der Waals surface area contributed by atoms with Crippen molar-refractivity contribution in [2.24, 2.45) is 14.1 Å². The summed E-state index contributed by atoms with van der Waals surface area (Å²) in [5, 5.41) is 7.66. The van der Waals surface area contributed by atoms with Gasteiger partial charge in [0.25, 0.3) is 0 Å². The van der Waals surface area contributed by atoms with Gasteiger partial charge < -0.3 is 9.88 Å². The van der Waals surface area contributed by atoms with E-state index in [1.807, 2.05) is 18.7 Å². The Hall–Kier alpha value is -1.62. The zero-order valence-corrected chi connectivity index (χ0v) is 9.78. The molecular weight excluding hydrogens is 202 g/mol. The first-order valence-electron chi connectivity index (χ1n) is 5.43. The molecule has 0 saturated heterocycles. The van der Waals surface area contributed by atoms with Crippen LogP contribution in [0.2, 0.25) is 0 Å². The van der Waals surface area contributed by atoms with Gasteiger partial charge >= 0.3 is 0 Å². The third-order valence-electron chi connectivity index (χ3n) is 3.11.